The normalized spacial score (nSPS) is 11.6. The van der Waals surface area contributed by atoms with Gasteiger partial charge >= 0.3 is 0 Å². The van der Waals surface area contributed by atoms with Crippen LogP contribution in [-0.2, 0) is 6.54 Å². The number of aromatic nitrogens is 1. The Bertz CT molecular complexity index is 1600. The second-order valence-electron chi connectivity index (χ2n) is 7.21. The average Bonchev–Trinajstić information content (AvgIpc) is 3.00. The van der Waals surface area contributed by atoms with E-state index in [0.29, 0.717) is 0 Å². The molecule has 5 rings (SSSR count). The minimum absolute atomic E-state index is 0.0266. The lowest BCUT2D eigenvalue weighted by atomic mass is 9.97. The van der Waals surface area contributed by atoms with Crippen molar-refractivity contribution in [1.82, 2.24) is 4.57 Å². The number of nitrogens with two attached hydrogens (primary N) is 2. The van der Waals surface area contributed by atoms with Crippen molar-refractivity contribution in [2.24, 2.45) is 0 Å². The number of hydrogen-bond acceptors (Lipinski definition) is 6. The SMILES string of the molecule is Nc1c2c(=O)c3ccccc3c(=O)c2c(N)c2c(=O)n(Cc3ccccc3)c(=O)c12. The highest BCUT2D eigenvalue weighted by Gasteiger charge is 2.25. The average molecular weight is 397 g/mol. The molecule has 0 aliphatic carbocycles. The molecular formula is C23H15N3O4. The molecule has 1 heterocycles. The molecule has 0 spiro atoms. The zero-order valence-electron chi connectivity index (χ0n) is 15.6. The Kier molecular flexibility index (Phi) is 3.63. The lowest BCUT2D eigenvalue weighted by Crippen LogP contribution is -2.26. The Morgan fingerprint density at radius 3 is 1.50 bits per heavy atom. The fourth-order valence-corrected chi connectivity index (χ4v) is 4.12. The molecular weight excluding hydrogens is 382 g/mol. The van der Waals surface area contributed by atoms with Crippen LogP contribution in [0.2, 0.25) is 0 Å². The highest BCUT2D eigenvalue weighted by Crippen LogP contribution is 2.31. The fraction of sp³-hybridized carbons (Fsp3) is 0.0435. The molecule has 1 aromatic heterocycles. The van der Waals surface area contributed by atoms with Gasteiger partial charge in [-0.05, 0) is 5.56 Å². The van der Waals surface area contributed by atoms with Gasteiger partial charge in [-0.3, -0.25) is 23.7 Å². The molecule has 0 fully saturated rings. The minimum atomic E-state index is -0.634. The van der Waals surface area contributed by atoms with Crippen LogP contribution in [0.1, 0.15) is 5.56 Å². The summed E-state index contributed by atoms with van der Waals surface area (Å²) in [6, 6.07) is 15.3. The molecule has 7 nitrogen and oxygen atoms in total. The van der Waals surface area contributed by atoms with Crippen LogP contribution in [0.4, 0.5) is 11.4 Å². The Labute approximate surface area is 168 Å². The highest BCUT2D eigenvalue weighted by molar-refractivity contribution is 6.20. The maximum atomic E-state index is 13.1. The van der Waals surface area contributed by atoms with Crippen molar-refractivity contribution in [3.8, 4) is 0 Å². The molecule has 5 aromatic rings. The summed E-state index contributed by atoms with van der Waals surface area (Å²) >= 11 is 0. The van der Waals surface area contributed by atoms with Gasteiger partial charge in [-0.1, -0.05) is 54.6 Å². The van der Waals surface area contributed by atoms with Crippen LogP contribution >= 0.6 is 0 Å². The van der Waals surface area contributed by atoms with Crippen molar-refractivity contribution in [2.75, 3.05) is 11.5 Å². The third-order valence-electron chi connectivity index (χ3n) is 5.55. The summed E-state index contributed by atoms with van der Waals surface area (Å²) in [5.41, 5.74) is 10.6. The van der Waals surface area contributed by atoms with Crippen molar-refractivity contribution >= 4 is 43.7 Å². The molecule has 0 radical (unpaired) electrons. The number of rotatable bonds is 2. The maximum absolute atomic E-state index is 13.1. The van der Waals surface area contributed by atoms with E-state index in [1.807, 2.05) is 6.07 Å². The quantitative estimate of drug-likeness (QED) is 0.264. The zero-order valence-corrected chi connectivity index (χ0v) is 15.6. The number of anilines is 2. The van der Waals surface area contributed by atoms with E-state index in [-0.39, 0.29) is 50.2 Å². The van der Waals surface area contributed by atoms with E-state index < -0.39 is 22.0 Å². The summed E-state index contributed by atoms with van der Waals surface area (Å²) in [6.07, 6.45) is 0. The van der Waals surface area contributed by atoms with Crippen LogP contribution in [0.3, 0.4) is 0 Å². The van der Waals surface area contributed by atoms with Gasteiger partial charge in [0.2, 0.25) is 0 Å². The predicted molar refractivity (Wildman–Crippen MR) is 119 cm³/mol. The molecule has 0 amide bonds. The Balaban J connectivity index is 2.00. The molecule has 4 aromatic carbocycles. The van der Waals surface area contributed by atoms with E-state index >= 15 is 0 Å². The van der Waals surface area contributed by atoms with Crippen molar-refractivity contribution in [3.63, 3.8) is 0 Å². The first kappa shape index (κ1) is 17.8. The summed E-state index contributed by atoms with van der Waals surface area (Å²) < 4.78 is 1.03. The molecule has 30 heavy (non-hydrogen) atoms. The van der Waals surface area contributed by atoms with Gasteiger partial charge in [0.05, 0.1) is 39.5 Å². The van der Waals surface area contributed by atoms with Crippen molar-refractivity contribution in [1.29, 1.82) is 0 Å². The Morgan fingerprint density at radius 2 is 1.03 bits per heavy atom. The summed E-state index contributed by atoms with van der Waals surface area (Å²) in [6.45, 7) is 0.0266. The molecule has 0 saturated carbocycles. The van der Waals surface area contributed by atoms with Gasteiger partial charge in [0.25, 0.3) is 11.1 Å². The van der Waals surface area contributed by atoms with Crippen molar-refractivity contribution in [3.05, 3.63) is 101 Å². The smallest absolute Gasteiger partial charge is 0.264 e. The molecule has 146 valence electrons. The van der Waals surface area contributed by atoms with E-state index in [9.17, 15) is 19.2 Å². The third kappa shape index (κ3) is 2.20. The monoisotopic (exact) mass is 397 g/mol. The summed E-state index contributed by atoms with van der Waals surface area (Å²) in [5, 5.41) is -0.0753. The third-order valence-corrected chi connectivity index (χ3v) is 5.55. The van der Waals surface area contributed by atoms with Gasteiger partial charge in [-0.15, -0.1) is 0 Å². The van der Waals surface area contributed by atoms with Crippen LogP contribution in [0.15, 0.2) is 73.8 Å². The van der Waals surface area contributed by atoms with Gasteiger partial charge in [-0.2, -0.15) is 0 Å². The number of hydrogen-bond donors (Lipinski definition) is 2. The fourth-order valence-electron chi connectivity index (χ4n) is 4.12. The highest BCUT2D eigenvalue weighted by atomic mass is 16.2. The molecule has 4 N–H and O–H groups in total. The van der Waals surface area contributed by atoms with Crippen molar-refractivity contribution < 1.29 is 0 Å². The predicted octanol–water partition coefficient (Wildman–Crippen LogP) is 1.48. The van der Waals surface area contributed by atoms with Gasteiger partial charge < -0.3 is 11.5 Å². The maximum Gasteiger partial charge on any atom is 0.264 e. The molecule has 0 saturated heterocycles. The first-order valence-electron chi connectivity index (χ1n) is 9.25. The second kappa shape index (κ2) is 6.12. The molecule has 7 heteroatoms. The molecule has 0 atom stereocenters. The van der Waals surface area contributed by atoms with Gasteiger partial charge in [-0.25, -0.2) is 0 Å². The van der Waals surface area contributed by atoms with E-state index in [2.05, 4.69) is 0 Å². The van der Waals surface area contributed by atoms with Crippen LogP contribution in [0, 0.1) is 0 Å². The lowest BCUT2D eigenvalue weighted by Gasteiger charge is -2.07. The van der Waals surface area contributed by atoms with E-state index in [1.54, 1.807) is 36.4 Å². The first-order valence-corrected chi connectivity index (χ1v) is 9.25. The van der Waals surface area contributed by atoms with Crippen LogP contribution in [0.25, 0.3) is 32.3 Å². The number of benzene rings is 4. The van der Waals surface area contributed by atoms with E-state index in [1.165, 1.54) is 12.1 Å². The molecule has 0 unspecified atom stereocenters. The van der Waals surface area contributed by atoms with E-state index in [0.717, 1.165) is 10.1 Å². The van der Waals surface area contributed by atoms with Crippen LogP contribution in [0.5, 0.6) is 0 Å². The largest absolute Gasteiger partial charge is 0.397 e. The lowest BCUT2D eigenvalue weighted by molar-refractivity contribution is 0.755. The zero-order chi connectivity index (χ0) is 21.2. The summed E-state index contributed by atoms with van der Waals surface area (Å²) in [4.78, 5) is 52.3. The molecule has 0 bridgehead atoms. The molecule has 0 aliphatic rings. The van der Waals surface area contributed by atoms with Gasteiger partial charge in [0.15, 0.2) is 10.9 Å². The topological polar surface area (TPSA) is 125 Å². The van der Waals surface area contributed by atoms with E-state index in [4.69, 9.17) is 11.5 Å². The Hall–Kier alpha value is -4.26. The van der Waals surface area contributed by atoms with Gasteiger partial charge in [0, 0.05) is 10.8 Å². The standard InChI is InChI=1S/C23H15N3O4/c24-18-14-15(21(28)13-9-5-4-8-12(13)20(14)27)19(25)17-16(18)22(29)26(23(17)30)10-11-6-2-1-3-7-11/h1-9H,10,24-25H2. The number of fused-ring (bicyclic) bond motifs is 3. The summed E-state index contributed by atoms with van der Waals surface area (Å²) in [7, 11) is 0. The Morgan fingerprint density at radius 1 is 0.600 bits per heavy atom. The number of nitrogen functional groups attached to an aromatic ring is 2. The minimum Gasteiger partial charge on any atom is -0.397 e. The molecule has 0 aliphatic heterocycles. The van der Waals surface area contributed by atoms with Gasteiger partial charge in [0.1, 0.15) is 0 Å². The summed E-state index contributed by atoms with van der Waals surface area (Å²) in [5.74, 6) is 0. The first-order chi connectivity index (χ1) is 14.4. The number of nitrogens with zero attached hydrogens (tertiary/aromatic N) is 1. The van der Waals surface area contributed by atoms with Crippen LogP contribution < -0.4 is 33.4 Å². The van der Waals surface area contributed by atoms with Crippen LogP contribution in [-0.4, -0.2) is 4.57 Å². The van der Waals surface area contributed by atoms with Crippen molar-refractivity contribution in [2.45, 2.75) is 6.54 Å². The second-order valence-corrected chi connectivity index (χ2v) is 7.21.